The summed E-state index contributed by atoms with van der Waals surface area (Å²) in [5.41, 5.74) is 4.31. The molecule has 3 aromatic heterocycles. The maximum atomic E-state index is 13.8. The number of benzene rings is 2. The third-order valence-electron chi connectivity index (χ3n) is 7.56. The second-order valence-electron chi connectivity index (χ2n) is 10.3. The Bertz CT molecular complexity index is 1640. The molecule has 0 radical (unpaired) electrons. The first-order valence-corrected chi connectivity index (χ1v) is 13.7. The van der Waals surface area contributed by atoms with Gasteiger partial charge in [0.2, 0.25) is 0 Å². The first-order chi connectivity index (χ1) is 19.1. The lowest BCUT2D eigenvalue weighted by Crippen LogP contribution is -2.35. The van der Waals surface area contributed by atoms with Gasteiger partial charge in [0.25, 0.3) is 5.56 Å². The number of aromatic nitrogens is 6. The molecule has 2 aromatic carbocycles. The summed E-state index contributed by atoms with van der Waals surface area (Å²) < 4.78 is 1.94. The van der Waals surface area contributed by atoms with Crippen LogP contribution in [0.4, 0.5) is 0 Å². The number of aryl methyl sites for hydroxylation is 1. The molecule has 198 valence electrons. The third kappa shape index (κ3) is 5.35. The standard InChI is InChI=1S/C30H30ClN7O/c1-20-12-13-22-16-25(30(39)33-27(22)15-20)28(29-34-35-36-38(29)24-9-3-4-10-24)37(18-21-7-6-14-32-17-21)19-23-8-2-5-11-26(23)31/h2,5-8,11-17,24,28H,3-4,9-10,18-19H2,1H3,(H,33,39)/t28-/m0/s1. The van der Waals surface area contributed by atoms with E-state index in [-0.39, 0.29) is 11.6 Å². The first-order valence-electron chi connectivity index (χ1n) is 13.3. The van der Waals surface area contributed by atoms with Gasteiger partial charge in [-0.15, -0.1) is 5.10 Å². The van der Waals surface area contributed by atoms with E-state index in [9.17, 15) is 4.79 Å². The van der Waals surface area contributed by atoms with Gasteiger partial charge in [-0.2, -0.15) is 0 Å². The molecule has 1 atom stereocenters. The van der Waals surface area contributed by atoms with Crippen LogP contribution in [-0.2, 0) is 13.1 Å². The van der Waals surface area contributed by atoms with Crippen molar-refractivity contribution in [2.45, 2.75) is 57.8 Å². The minimum Gasteiger partial charge on any atom is -0.322 e. The van der Waals surface area contributed by atoms with Gasteiger partial charge in [-0.25, -0.2) is 4.68 Å². The third-order valence-corrected chi connectivity index (χ3v) is 7.93. The molecule has 0 unspecified atom stereocenters. The van der Waals surface area contributed by atoms with E-state index in [2.05, 4.69) is 36.5 Å². The number of aromatic amines is 1. The molecule has 1 saturated carbocycles. The lowest BCUT2D eigenvalue weighted by atomic mass is 10.0. The summed E-state index contributed by atoms with van der Waals surface area (Å²) in [6.45, 7) is 3.03. The quantitative estimate of drug-likeness (QED) is 0.269. The number of nitrogens with zero attached hydrogens (tertiary/aromatic N) is 6. The maximum Gasteiger partial charge on any atom is 0.253 e. The molecule has 0 spiro atoms. The SMILES string of the molecule is Cc1ccc2cc([C@@H](c3nnnn3C3CCCC3)N(Cc3cccnc3)Cc3ccccc3Cl)c(=O)[nH]c2c1. The zero-order chi connectivity index (χ0) is 26.8. The number of pyridine rings is 2. The highest BCUT2D eigenvalue weighted by Gasteiger charge is 2.33. The molecule has 0 aliphatic heterocycles. The molecule has 0 bridgehead atoms. The number of H-pyrrole nitrogens is 1. The van der Waals surface area contributed by atoms with E-state index in [1.165, 1.54) is 0 Å². The van der Waals surface area contributed by atoms with Crippen molar-refractivity contribution in [1.29, 1.82) is 0 Å². The smallest absolute Gasteiger partial charge is 0.253 e. The van der Waals surface area contributed by atoms with E-state index in [0.717, 1.165) is 53.3 Å². The molecule has 1 aliphatic carbocycles. The van der Waals surface area contributed by atoms with Gasteiger partial charge in [-0.05, 0) is 76.5 Å². The molecule has 0 saturated heterocycles. The monoisotopic (exact) mass is 539 g/mol. The highest BCUT2D eigenvalue weighted by Crippen LogP contribution is 2.35. The summed E-state index contributed by atoms with van der Waals surface area (Å²) >= 11 is 6.65. The van der Waals surface area contributed by atoms with E-state index >= 15 is 0 Å². The maximum absolute atomic E-state index is 13.8. The van der Waals surface area contributed by atoms with Crippen molar-refractivity contribution in [3.05, 3.63) is 117 Å². The number of hydrogen-bond donors (Lipinski definition) is 1. The average molecular weight is 540 g/mol. The second-order valence-corrected chi connectivity index (χ2v) is 10.7. The molecule has 8 nitrogen and oxygen atoms in total. The van der Waals surface area contributed by atoms with Crippen molar-refractivity contribution in [2.24, 2.45) is 0 Å². The van der Waals surface area contributed by atoms with Crippen LogP contribution in [-0.4, -0.2) is 35.1 Å². The van der Waals surface area contributed by atoms with Crippen LogP contribution in [0.5, 0.6) is 0 Å². The van der Waals surface area contributed by atoms with Gasteiger partial charge in [-0.3, -0.25) is 14.7 Å². The number of nitrogens with one attached hydrogen (secondary N) is 1. The van der Waals surface area contributed by atoms with Crippen LogP contribution in [0.1, 0.15) is 65.8 Å². The Morgan fingerprint density at radius 3 is 2.72 bits per heavy atom. The topological polar surface area (TPSA) is 92.6 Å². The van der Waals surface area contributed by atoms with Gasteiger partial charge in [0.1, 0.15) is 6.04 Å². The Balaban J connectivity index is 1.54. The van der Waals surface area contributed by atoms with Crippen molar-refractivity contribution in [1.82, 2.24) is 35.1 Å². The summed E-state index contributed by atoms with van der Waals surface area (Å²) in [5, 5.41) is 14.7. The van der Waals surface area contributed by atoms with Gasteiger partial charge in [0, 0.05) is 41.6 Å². The fourth-order valence-corrected chi connectivity index (χ4v) is 5.83. The largest absolute Gasteiger partial charge is 0.322 e. The first kappa shape index (κ1) is 25.4. The zero-order valence-corrected chi connectivity index (χ0v) is 22.6. The number of hydrogen-bond acceptors (Lipinski definition) is 6. The summed E-state index contributed by atoms with van der Waals surface area (Å²) in [5.74, 6) is 0.662. The van der Waals surface area contributed by atoms with Gasteiger partial charge < -0.3 is 4.98 Å². The van der Waals surface area contributed by atoms with Crippen LogP contribution in [0.15, 0.2) is 77.9 Å². The van der Waals surface area contributed by atoms with Gasteiger partial charge in [0.05, 0.1) is 6.04 Å². The molecule has 6 rings (SSSR count). The van der Waals surface area contributed by atoms with E-state index < -0.39 is 6.04 Å². The summed E-state index contributed by atoms with van der Waals surface area (Å²) in [6, 6.07) is 19.5. The molecule has 1 aliphatic rings. The normalized spacial score (nSPS) is 14.8. The Morgan fingerprint density at radius 1 is 1.08 bits per heavy atom. The van der Waals surface area contributed by atoms with E-state index in [4.69, 9.17) is 11.6 Å². The van der Waals surface area contributed by atoms with E-state index in [1.54, 1.807) is 6.20 Å². The minimum absolute atomic E-state index is 0.158. The minimum atomic E-state index is -0.522. The second kappa shape index (κ2) is 11.1. The van der Waals surface area contributed by atoms with Gasteiger partial charge in [-0.1, -0.05) is 60.8 Å². The van der Waals surface area contributed by atoms with Crippen molar-refractivity contribution < 1.29 is 0 Å². The highest BCUT2D eigenvalue weighted by molar-refractivity contribution is 6.31. The van der Waals surface area contributed by atoms with Crippen LogP contribution in [0, 0.1) is 6.92 Å². The molecule has 0 amide bonds. The van der Waals surface area contributed by atoms with Crippen LogP contribution >= 0.6 is 11.6 Å². The number of halogens is 1. The fourth-order valence-electron chi connectivity index (χ4n) is 5.63. The van der Waals surface area contributed by atoms with Crippen molar-refractivity contribution in [2.75, 3.05) is 0 Å². The van der Waals surface area contributed by atoms with E-state index in [1.807, 2.05) is 72.4 Å². The molecule has 39 heavy (non-hydrogen) atoms. The predicted octanol–water partition coefficient (Wildman–Crippen LogP) is 5.78. The van der Waals surface area contributed by atoms with Crippen LogP contribution < -0.4 is 5.56 Å². The predicted molar refractivity (Wildman–Crippen MR) is 151 cm³/mol. The lowest BCUT2D eigenvalue weighted by molar-refractivity contribution is 0.190. The Labute approximate surface area is 231 Å². The van der Waals surface area contributed by atoms with Crippen LogP contribution in [0.3, 0.4) is 0 Å². The van der Waals surface area contributed by atoms with Gasteiger partial charge >= 0.3 is 0 Å². The number of fused-ring (bicyclic) bond motifs is 1. The van der Waals surface area contributed by atoms with E-state index in [0.29, 0.717) is 29.5 Å². The number of tetrazole rings is 1. The lowest BCUT2D eigenvalue weighted by Gasteiger charge is -2.32. The Morgan fingerprint density at radius 2 is 1.92 bits per heavy atom. The summed E-state index contributed by atoms with van der Waals surface area (Å²) in [7, 11) is 0. The molecule has 3 heterocycles. The Kier molecular flexibility index (Phi) is 7.22. The Hall–Kier alpha value is -3.88. The highest BCUT2D eigenvalue weighted by atomic mass is 35.5. The molecule has 1 fully saturated rings. The van der Waals surface area contributed by atoms with Crippen molar-refractivity contribution >= 4 is 22.5 Å². The van der Waals surface area contributed by atoms with Crippen molar-refractivity contribution in [3.63, 3.8) is 0 Å². The fraction of sp³-hybridized carbons (Fsp3) is 0.300. The molecule has 1 N–H and O–H groups in total. The molecule has 9 heteroatoms. The molecular formula is C30H30ClN7O. The van der Waals surface area contributed by atoms with Crippen molar-refractivity contribution in [3.8, 4) is 0 Å². The van der Waals surface area contributed by atoms with Crippen LogP contribution in [0.2, 0.25) is 5.02 Å². The van der Waals surface area contributed by atoms with Crippen LogP contribution in [0.25, 0.3) is 10.9 Å². The summed E-state index contributed by atoms with van der Waals surface area (Å²) in [4.78, 5) is 23.5. The zero-order valence-electron chi connectivity index (χ0n) is 21.8. The molecular weight excluding hydrogens is 510 g/mol. The molecule has 5 aromatic rings. The number of rotatable bonds is 8. The average Bonchev–Trinajstić information content (AvgIpc) is 3.64. The van der Waals surface area contributed by atoms with Gasteiger partial charge in [0.15, 0.2) is 5.82 Å². The summed E-state index contributed by atoms with van der Waals surface area (Å²) in [6.07, 6.45) is 7.93.